The van der Waals surface area contributed by atoms with E-state index in [4.69, 9.17) is 5.73 Å². The van der Waals surface area contributed by atoms with Gasteiger partial charge in [-0.25, -0.2) is 0 Å². The average Bonchev–Trinajstić information content (AvgIpc) is 2.85. The van der Waals surface area contributed by atoms with Gasteiger partial charge in [0.25, 0.3) is 0 Å². The highest BCUT2D eigenvalue weighted by Gasteiger charge is 2.24. The maximum atomic E-state index is 11.9. The molecule has 2 aliphatic heterocycles. The van der Waals surface area contributed by atoms with Crippen molar-refractivity contribution in [2.75, 3.05) is 35.2 Å². The number of halogens is 1. The molecule has 2 heterocycles. The zero-order valence-electron chi connectivity index (χ0n) is 12.0. The number of β-amino-alcohol motifs (C(OH)–C–C–N with tert-alkyl or cyclic N) is 1. The van der Waals surface area contributed by atoms with Crippen molar-refractivity contribution in [3.05, 3.63) is 18.2 Å². The fourth-order valence-electron chi connectivity index (χ4n) is 3.04. The second-order valence-electron chi connectivity index (χ2n) is 5.63. The van der Waals surface area contributed by atoms with Crippen LogP contribution in [0.5, 0.6) is 0 Å². The molecule has 0 aromatic heterocycles. The Morgan fingerprint density at radius 2 is 2.05 bits per heavy atom. The summed E-state index contributed by atoms with van der Waals surface area (Å²) in [5, 5.41) is 9.61. The van der Waals surface area contributed by atoms with Crippen molar-refractivity contribution < 1.29 is 9.90 Å². The summed E-state index contributed by atoms with van der Waals surface area (Å²) in [7, 11) is 0. The van der Waals surface area contributed by atoms with Gasteiger partial charge in [0.05, 0.1) is 17.5 Å². The number of nitrogen functional groups attached to an aromatic ring is 1. The first-order valence-corrected chi connectivity index (χ1v) is 7.28. The monoisotopic (exact) mass is 311 g/mol. The maximum Gasteiger partial charge on any atom is 0.226 e. The van der Waals surface area contributed by atoms with E-state index in [0.29, 0.717) is 18.7 Å². The van der Waals surface area contributed by atoms with Gasteiger partial charge in [0.2, 0.25) is 5.91 Å². The van der Waals surface area contributed by atoms with Gasteiger partial charge in [0.15, 0.2) is 0 Å². The van der Waals surface area contributed by atoms with Crippen LogP contribution in [0.4, 0.5) is 17.1 Å². The Labute approximate surface area is 131 Å². The normalized spacial score (nSPS) is 22.3. The van der Waals surface area contributed by atoms with E-state index in [9.17, 15) is 9.90 Å². The minimum Gasteiger partial charge on any atom is -0.397 e. The molecule has 0 radical (unpaired) electrons. The van der Waals surface area contributed by atoms with E-state index in [1.807, 2.05) is 23.1 Å². The molecule has 0 spiro atoms. The quantitative estimate of drug-likeness (QED) is 0.817. The molecule has 6 heteroatoms. The van der Waals surface area contributed by atoms with Gasteiger partial charge in [-0.2, -0.15) is 0 Å². The first kappa shape index (κ1) is 15.9. The molecular formula is C15H22ClN3O2. The van der Waals surface area contributed by atoms with Crippen LogP contribution in [0.25, 0.3) is 0 Å². The molecular weight excluding hydrogens is 290 g/mol. The number of amides is 1. The molecule has 1 amide bonds. The van der Waals surface area contributed by atoms with E-state index < -0.39 is 0 Å². The third-order valence-corrected chi connectivity index (χ3v) is 4.15. The number of hydrogen-bond acceptors (Lipinski definition) is 4. The van der Waals surface area contributed by atoms with Crippen molar-refractivity contribution >= 4 is 35.4 Å². The number of piperidine rings is 1. The summed E-state index contributed by atoms with van der Waals surface area (Å²) in [6, 6.07) is 5.80. The van der Waals surface area contributed by atoms with Crippen LogP contribution in [0.3, 0.4) is 0 Å². The third kappa shape index (κ3) is 3.24. The summed E-state index contributed by atoms with van der Waals surface area (Å²) in [4.78, 5) is 15.9. The molecule has 1 atom stereocenters. The fourth-order valence-corrected chi connectivity index (χ4v) is 3.04. The number of carbonyl (C=O) groups excluding carboxylic acids is 1. The lowest BCUT2D eigenvalue weighted by Crippen LogP contribution is -2.35. The van der Waals surface area contributed by atoms with Crippen molar-refractivity contribution in [3.8, 4) is 0 Å². The number of carbonyl (C=O) groups is 1. The fraction of sp³-hybridized carbons (Fsp3) is 0.533. The number of hydrogen-bond donors (Lipinski definition) is 2. The van der Waals surface area contributed by atoms with Gasteiger partial charge >= 0.3 is 0 Å². The van der Waals surface area contributed by atoms with Crippen LogP contribution >= 0.6 is 12.4 Å². The van der Waals surface area contributed by atoms with Crippen molar-refractivity contribution in [2.45, 2.75) is 31.8 Å². The van der Waals surface area contributed by atoms with Crippen molar-refractivity contribution in [3.63, 3.8) is 0 Å². The smallest absolute Gasteiger partial charge is 0.226 e. The minimum absolute atomic E-state index is 0. The largest absolute Gasteiger partial charge is 0.397 e. The van der Waals surface area contributed by atoms with Crippen LogP contribution in [-0.2, 0) is 4.79 Å². The molecule has 2 fully saturated rings. The Hall–Kier alpha value is -1.46. The lowest BCUT2D eigenvalue weighted by atomic mass is 10.1. The van der Waals surface area contributed by atoms with Crippen molar-refractivity contribution in [1.82, 2.24) is 0 Å². The SMILES string of the molecule is Cl.Nc1cc(N2CCCCC2=O)ccc1N1CC[C@@H](O)C1. The molecule has 1 aromatic carbocycles. The van der Waals surface area contributed by atoms with Gasteiger partial charge < -0.3 is 20.6 Å². The number of aliphatic hydroxyl groups excluding tert-OH is 1. The molecule has 3 rings (SSSR count). The Kier molecular flexibility index (Phi) is 4.96. The van der Waals surface area contributed by atoms with Crippen LogP contribution in [0.15, 0.2) is 18.2 Å². The van der Waals surface area contributed by atoms with Gasteiger partial charge in [-0.05, 0) is 37.5 Å². The van der Waals surface area contributed by atoms with Crippen LogP contribution in [0.1, 0.15) is 25.7 Å². The number of nitrogens with two attached hydrogens (primary N) is 1. The summed E-state index contributed by atoms with van der Waals surface area (Å²) >= 11 is 0. The molecule has 0 aliphatic carbocycles. The first-order chi connectivity index (χ1) is 9.65. The topological polar surface area (TPSA) is 69.8 Å². The molecule has 0 saturated carbocycles. The average molecular weight is 312 g/mol. The molecule has 0 unspecified atom stereocenters. The minimum atomic E-state index is -0.266. The Morgan fingerprint density at radius 3 is 2.67 bits per heavy atom. The highest BCUT2D eigenvalue weighted by Crippen LogP contribution is 2.31. The summed E-state index contributed by atoms with van der Waals surface area (Å²) in [5.41, 5.74) is 8.65. The lowest BCUT2D eigenvalue weighted by Gasteiger charge is -2.28. The van der Waals surface area contributed by atoms with Crippen LogP contribution < -0.4 is 15.5 Å². The number of rotatable bonds is 2. The molecule has 116 valence electrons. The van der Waals surface area contributed by atoms with Crippen LogP contribution in [-0.4, -0.2) is 36.8 Å². The Bertz CT molecular complexity index is 524. The van der Waals surface area contributed by atoms with Crippen molar-refractivity contribution in [2.24, 2.45) is 0 Å². The molecule has 0 bridgehead atoms. The van der Waals surface area contributed by atoms with Crippen LogP contribution in [0, 0.1) is 0 Å². The van der Waals surface area contributed by atoms with E-state index in [1.165, 1.54) is 0 Å². The molecule has 3 N–H and O–H groups in total. The lowest BCUT2D eigenvalue weighted by molar-refractivity contribution is -0.119. The third-order valence-electron chi connectivity index (χ3n) is 4.15. The summed E-state index contributed by atoms with van der Waals surface area (Å²) < 4.78 is 0. The van der Waals surface area contributed by atoms with Crippen molar-refractivity contribution in [1.29, 1.82) is 0 Å². The van der Waals surface area contributed by atoms with Gasteiger partial charge in [-0.3, -0.25) is 4.79 Å². The second kappa shape index (κ2) is 6.54. The number of aliphatic hydroxyl groups is 1. The zero-order chi connectivity index (χ0) is 14.1. The molecule has 2 saturated heterocycles. The van der Waals surface area contributed by atoms with E-state index >= 15 is 0 Å². The Morgan fingerprint density at radius 1 is 1.24 bits per heavy atom. The number of nitrogens with zero attached hydrogens (tertiary/aromatic N) is 2. The molecule has 1 aromatic rings. The predicted molar refractivity (Wildman–Crippen MR) is 87.1 cm³/mol. The second-order valence-corrected chi connectivity index (χ2v) is 5.63. The molecule has 21 heavy (non-hydrogen) atoms. The van der Waals surface area contributed by atoms with Gasteiger partial charge in [0.1, 0.15) is 0 Å². The Balaban J connectivity index is 0.00000161. The van der Waals surface area contributed by atoms with Gasteiger partial charge in [0, 0.05) is 31.7 Å². The predicted octanol–water partition coefficient (Wildman–Crippen LogP) is 1.78. The molecule has 2 aliphatic rings. The van der Waals surface area contributed by atoms with Gasteiger partial charge in [-0.15, -0.1) is 12.4 Å². The first-order valence-electron chi connectivity index (χ1n) is 7.28. The molecule has 5 nitrogen and oxygen atoms in total. The van der Waals surface area contributed by atoms with E-state index in [-0.39, 0.29) is 24.4 Å². The number of anilines is 3. The standard InChI is InChI=1S/C15H21N3O2.ClH/c16-13-9-11(18-7-2-1-3-15(18)20)4-5-14(13)17-8-6-12(19)10-17;/h4-5,9,12,19H,1-3,6-8,10,16H2;1H/t12-;/m1./s1. The van der Waals surface area contributed by atoms with E-state index in [1.54, 1.807) is 0 Å². The highest BCUT2D eigenvalue weighted by atomic mass is 35.5. The highest BCUT2D eigenvalue weighted by molar-refractivity contribution is 5.95. The van der Waals surface area contributed by atoms with E-state index in [2.05, 4.69) is 4.90 Å². The summed E-state index contributed by atoms with van der Waals surface area (Å²) in [6.07, 6.45) is 3.17. The van der Waals surface area contributed by atoms with E-state index in [0.717, 1.165) is 43.7 Å². The summed E-state index contributed by atoms with van der Waals surface area (Å²) in [6.45, 7) is 2.24. The van der Waals surface area contributed by atoms with Crippen LogP contribution in [0.2, 0.25) is 0 Å². The zero-order valence-corrected chi connectivity index (χ0v) is 12.8. The van der Waals surface area contributed by atoms with Gasteiger partial charge in [-0.1, -0.05) is 0 Å². The summed E-state index contributed by atoms with van der Waals surface area (Å²) in [5.74, 6) is 0.181. The number of benzene rings is 1. The maximum absolute atomic E-state index is 11.9.